The molecule has 0 aliphatic rings. The van der Waals surface area contributed by atoms with Crippen LogP contribution in [0.3, 0.4) is 0 Å². The van der Waals surface area contributed by atoms with E-state index in [1.165, 1.54) is 0 Å². The third kappa shape index (κ3) is 2.39. The summed E-state index contributed by atoms with van der Waals surface area (Å²) < 4.78 is 9.48. The van der Waals surface area contributed by atoms with Gasteiger partial charge in [0.25, 0.3) is 6.16 Å². The molecule has 0 atom stereocenters. The van der Waals surface area contributed by atoms with Crippen LogP contribution in [-0.2, 0) is 6.42 Å². The highest BCUT2D eigenvalue weighted by molar-refractivity contribution is 5.60. The van der Waals surface area contributed by atoms with E-state index in [-0.39, 0.29) is 0 Å². The van der Waals surface area contributed by atoms with E-state index in [1.54, 1.807) is 25.3 Å². The minimum absolute atomic E-state index is 0.299. The van der Waals surface area contributed by atoms with Gasteiger partial charge in [-0.2, -0.15) is 0 Å². The molecule has 76 valence electrons. The van der Waals surface area contributed by atoms with Gasteiger partial charge in [-0.05, 0) is 30.2 Å². The smallest absolute Gasteiger partial charge is 0.257 e. The van der Waals surface area contributed by atoms with E-state index in [2.05, 4.69) is 4.74 Å². The standard InChI is InChI=1S/C10H12O4/c1-3-7-6-8(13-2)4-5-9(7)14-10(11)12/h4-6H,3H2,1-2H3,(H,11,12)/p-1. The molecule has 0 spiro atoms. The average Bonchev–Trinajstić information content (AvgIpc) is 2.17. The molecule has 4 heteroatoms. The summed E-state index contributed by atoms with van der Waals surface area (Å²) in [5.74, 6) is 0.973. The van der Waals surface area contributed by atoms with Crippen molar-refractivity contribution in [2.24, 2.45) is 0 Å². The average molecular weight is 195 g/mol. The van der Waals surface area contributed by atoms with Gasteiger partial charge in [0.2, 0.25) is 0 Å². The fraction of sp³-hybridized carbons (Fsp3) is 0.300. The summed E-state index contributed by atoms with van der Waals surface area (Å²) in [6, 6.07) is 4.92. The minimum Gasteiger partial charge on any atom is -0.514 e. The molecule has 0 heterocycles. The summed E-state index contributed by atoms with van der Waals surface area (Å²) in [5.41, 5.74) is 0.772. The van der Waals surface area contributed by atoms with Gasteiger partial charge in [-0.25, -0.2) is 0 Å². The molecule has 0 aromatic heterocycles. The first-order valence-electron chi connectivity index (χ1n) is 4.23. The Morgan fingerprint density at radius 2 is 2.21 bits per heavy atom. The zero-order chi connectivity index (χ0) is 10.6. The van der Waals surface area contributed by atoms with Gasteiger partial charge in [0, 0.05) is 0 Å². The Balaban J connectivity index is 2.98. The molecule has 0 saturated heterocycles. The summed E-state index contributed by atoms with van der Waals surface area (Å²) >= 11 is 0. The van der Waals surface area contributed by atoms with Gasteiger partial charge >= 0.3 is 0 Å². The molecule has 1 aromatic carbocycles. The third-order valence-corrected chi connectivity index (χ3v) is 1.84. The van der Waals surface area contributed by atoms with Gasteiger partial charge in [-0.3, -0.25) is 0 Å². The number of methoxy groups -OCH3 is 1. The summed E-state index contributed by atoms with van der Waals surface area (Å²) in [6.07, 6.45) is -0.885. The van der Waals surface area contributed by atoms with E-state index in [0.29, 0.717) is 17.9 Å². The SMILES string of the molecule is CCc1cc(OC)ccc1OC(=O)[O-]. The van der Waals surface area contributed by atoms with Crippen LogP contribution >= 0.6 is 0 Å². The second kappa shape index (κ2) is 4.50. The van der Waals surface area contributed by atoms with Crippen LogP contribution in [0.1, 0.15) is 12.5 Å². The lowest BCUT2D eigenvalue weighted by atomic mass is 10.1. The Morgan fingerprint density at radius 1 is 1.50 bits per heavy atom. The number of aryl methyl sites for hydroxylation is 1. The van der Waals surface area contributed by atoms with Crippen LogP contribution in [0.2, 0.25) is 0 Å². The van der Waals surface area contributed by atoms with Gasteiger partial charge < -0.3 is 19.4 Å². The molecule has 0 N–H and O–H groups in total. The predicted molar refractivity (Wildman–Crippen MR) is 48.4 cm³/mol. The maximum atomic E-state index is 10.2. The first kappa shape index (κ1) is 10.4. The monoisotopic (exact) mass is 195 g/mol. The Morgan fingerprint density at radius 3 is 2.71 bits per heavy atom. The maximum Gasteiger partial charge on any atom is 0.257 e. The molecule has 1 aromatic rings. The van der Waals surface area contributed by atoms with Gasteiger partial charge in [0.05, 0.1) is 12.9 Å². The molecule has 0 aliphatic heterocycles. The summed E-state index contributed by atoms with van der Waals surface area (Å²) in [6.45, 7) is 1.90. The quantitative estimate of drug-likeness (QED) is 0.533. The van der Waals surface area contributed by atoms with Crippen molar-refractivity contribution in [3.8, 4) is 11.5 Å². The molecule has 0 bridgehead atoms. The lowest BCUT2D eigenvalue weighted by molar-refractivity contribution is -0.271. The summed E-state index contributed by atoms with van der Waals surface area (Å²) in [7, 11) is 1.55. The summed E-state index contributed by atoms with van der Waals surface area (Å²) in [5, 5.41) is 10.2. The van der Waals surface area contributed by atoms with Crippen molar-refractivity contribution in [1.29, 1.82) is 0 Å². The minimum atomic E-state index is -1.55. The van der Waals surface area contributed by atoms with Crippen molar-refractivity contribution in [3.63, 3.8) is 0 Å². The predicted octanol–water partition coefficient (Wildman–Crippen LogP) is 0.980. The van der Waals surface area contributed by atoms with Crippen molar-refractivity contribution >= 4 is 6.16 Å². The molecule has 14 heavy (non-hydrogen) atoms. The molecular weight excluding hydrogens is 184 g/mol. The highest BCUT2D eigenvalue weighted by Gasteiger charge is 2.01. The van der Waals surface area contributed by atoms with Crippen molar-refractivity contribution < 1.29 is 19.4 Å². The number of carbonyl (C=O) groups is 1. The Hall–Kier alpha value is -1.71. The van der Waals surface area contributed by atoms with Crippen LogP contribution < -0.4 is 14.6 Å². The van der Waals surface area contributed by atoms with E-state index in [1.807, 2.05) is 6.92 Å². The molecule has 4 nitrogen and oxygen atoms in total. The molecule has 1 rings (SSSR count). The zero-order valence-electron chi connectivity index (χ0n) is 8.07. The van der Waals surface area contributed by atoms with E-state index < -0.39 is 6.16 Å². The number of carbonyl (C=O) groups excluding carboxylic acids is 1. The molecule has 0 saturated carbocycles. The van der Waals surface area contributed by atoms with Crippen molar-refractivity contribution in [2.75, 3.05) is 7.11 Å². The van der Waals surface area contributed by atoms with Crippen molar-refractivity contribution in [3.05, 3.63) is 23.8 Å². The topological polar surface area (TPSA) is 58.6 Å². The summed E-state index contributed by atoms with van der Waals surface area (Å²) in [4.78, 5) is 10.2. The van der Waals surface area contributed by atoms with Gasteiger partial charge in [-0.1, -0.05) is 6.92 Å². The first-order valence-corrected chi connectivity index (χ1v) is 4.23. The van der Waals surface area contributed by atoms with Gasteiger partial charge in [0.15, 0.2) is 0 Å². The second-order valence-corrected chi connectivity index (χ2v) is 2.68. The van der Waals surface area contributed by atoms with Crippen molar-refractivity contribution in [2.45, 2.75) is 13.3 Å². The van der Waals surface area contributed by atoms with Crippen LogP contribution in [0, 0.1) is 0 Å². The van der Waals surface area contributed by atoms with Crippen LogP contribution in [0.25, 0.3) is 0 Å². The van der Waals surface area contributed by atoms with Crippen LogP contribution in [0.4, 0.5) is 4.79 Å². The highest BCUT2D eigenvalue weighted by atomic mass is 16.7. The molecule has 0 radical (unpaired) electrons. The molecular formula is C10H11O4-. The van der Waals surface area contributed by atoms with E-state index in [9.17, 15) is 9.90 Å². The van der Waals surface area contributed by atoms with E-state index in [0.717, 1.165) is 5.56 Å². The number of hydrogen-bond donors (Lipinski definition) is 0. The first-order chi connectivity index (χ1) is 6.67. The third-order valence-electron chi connectivity index (χ3n) is 1.84. The Labute approximate surface area is 82.1 Å². The molecule has 0 unspecified atom stereocenters. The largest absolute Gasteiger partial charge is 0.514 e. The number of rotatable bonds is 3. The zero-order valence-corrected chi connectivity index (χ0v) is 8.07. The molecule has 0 fully saturated rings. The Kier molecular flexibility index (Phi) is 3.34. The van der Waals surface area contributed by atoms with E-state index in [4.69, 9.17) is 4.74 Å². The number of hydrogen-bond acceptors (Lipinski definition) is 4. The van der Waals surface area contributed by atoms with Crippen LogP contribution in [0.5, 0.6) is 11.5 Å². The van der Waals surface area contributed by atoms with Gasteiger partial charge in [0.1, 0.15) is 5.75 Å². The number of ether oxygens (including phenoxy) is 2. The number of carboxylic acid groups (broad SMARTS) is 1. The highest BCUT2D eigenvalue weighted by Crippen LogP contribution is 2.24. The molecule has 0 amide bonds. The van der Waals surface area contributed by atoms with Crippen LogP contribution in [-0.4, -0.2) is 13.3 Å². The molecule has 0 aliphatic carbocycles. The number of benzene rings is 1. The lowest BCUT2D eigenvalue weighted by Gasteiger charge is -2.13. The van der Waals surface area contributed by atoms with E-state index >= 15 is 0 Å². The normalized spacial score (nSPS) is 9.57. The van der Waals surface area contributed by atoms with Crippen LogP contribution in [0.15, 0.2) is 18.2 Å². The van der Waals surface area contributed by atoms with Crippen molar-refractivity contribution in [1.82, 2.24) is 0 Å². The maximum absolute atomic E-state index is 10.2. The van der Waals surface area contributed by atoms with Gasteiger partial charge in [-0.15, -0.1) is 0 Å². The lowest BCUT2D eigenvalue weighted by Crippen LogP contribution is -2.26. The Bertz CT molecular complexity index is 333. The fourth-order valence-corrected chi connectivity index (χ4v) is 1.15. The fourth-order valence-electron chi connectivity index (χ4n) is 1.15. The second-order valence-electron chi connectivity index (χ2n) is 2.68.